The second-order valence-corrected chi connectivity index (χ2v) is 3.38. The molecule has 3 heteroatoms. The minimum Gasteiger partial charge on any atom is -0.330 e. The van der Waals surface area contributed by atoms with Crippen molar-refractivity contribution in [1.82, 2.24) is 4.90 Å². The third kappa shape index (κ3) is 3.07. The Labute approximate surface area is 73.7 Å². The molecule has 1 rings (SSSR count). The van der Waals surface area contributed by atoms with E-state index in [4.69, 9.17) is 4.74 Å². The van der Waals surface area contributed by atoms with E-state index in [9.17, 15) is 4.39 Å². The van der Waals surface area contributed by atoms with Crippen molar-refractivity contribution < 1.29 is 9.13 Å². The summed E-state index contributed by atoms with van der Waals surface area (Å²) in [7, 11) is 0. The number of piperidine rings is 1. The maximum Gasteiger partial charge on any atom is 0.197 e. The highest BCUT2D eigenvalue weighted by Gasteiger charge is 2.18. The first-order valence-corrected chi connectivity index (χ1v) is 4.73. The summed E-state index contributed by atoms with van der Waals surface area (Å²) in [6.45, 7) is 5.45. The van der Waals surface area contributed by atoms with Crippen LogP contribution < -0.4 is 0 Å². The number of rotatable bonds is 3. The number of ether oxygens (including phenoxy) is 1. The average Bonchev–Trinajstić information content (AvgIpc) is 2.05. The molecule has 0 aromatic rings. The van der Waals surface area contributed by atoms with Crippen LogP contribution >= 0.6 is 0 Å². The number of hydrogen-bond donors (Lipinski definition) is 0. The summed E-state index contributed by atoms with van der Waals surface area (Å²) >= 11 is 0. The fourth-order valence-electron chi connectivity index (χ4n) is 1.64. The summed E-state index contributed by atoms with van der Waals surface area (Å²) < 4.78 is 17.5. The van der Waals surface area contributed by atoms with E-state index in [1.807, 2.05) is 6.92 Å². The Balaban J connectivity index is 2.24. The quantitative estimate of drug-likeness (QED) is 0.651. The van der Waals surface area contributed by atoms with Gasteiger partial charge < -0.3 is 4.74 Å². The van der Waals surface area contributed by atoms with E-state index in [0.717, 1.165) is 13.1 Å². The fourth-order valence-corrected chi connectivity index (χ4v) is 1.64. The monoisotopic (exact) mass is 175 g/mol. The SMILES string of the molecule is CC(F)OC(C)N1CCCCC1. The number of alkyl halides is 1. The second-order valence-electron chi connectivity index (χ2n) is 3.38. The minimum atomic E-state index is -1.15. The smallest absolute Gasteiger partial charge is 0.197 e. The highest BCUT2D eigenvalue weighted by atomic mass is 19.1. The summed E-state index contributed by atoms with van der Waals surface area (Å²) in [5, 5.41) is 0. The number of likely N-dealkylation sites (tertiary alicyclic amines) is 1. The third-order valence-corrected chi connectivity index (χ3v) is 2.29. The molecule has 0 saturated carbocycles. The first kappa shape index (κ1) is 9.93. The van der Waals surface area contributed by atoms with Gasteiger partial charge in [-0.1, -0.05) is 6.42 Å². The summed E-state index contributed by atoms with van der Waals surface area (Å²) in [5.74, 6) is 0. The van der Waals surface area contributed by atoms with Crippen LogP contribution in [0.15, 0.2) is 0 Å². The molecule has 1 heterocycles. The molecule has 0 amide bonds. The van der Waals surface area contributed by atoms with E-state index in [1.165, 1.54) is 26.2 Å². The van der Waals surface area contributed by atoms with Crippen molar-refractivity contribution in [3.8, 4) is 0 Å². The minimum absolute atomic E-state index is 0.0645. The van der Waals surface area contributed by atoms with Crippen LogP contribution in [0, 0.1) is 0 Å². The van der Waals surface area contributed by atoms with Gasteiger partial charge in [0.25, 0.3) is 0 Å². The van der Waals surface area contributed by atoms with Crippen LogP contribution in [-0.4, -0.2) is 30.6 Å². The summed E-state index contributed by atoms with van der Waals surface area (Å²) in [5.41, 5.74) is 0. The molecule has 0 bridgehead atoms. The van der Waals surface area contributed by atoms with Gasteiger partial charge in [0.15, 0.2) is 6.36 Å². The normalized spacial score (nSPS) is 25.2. The van der Waals surface area contributed by atoms with Gasteiger partial charge in [0.1, 0.15) is 6.23 Å². The number of hydrogen-bond acceptors (Lipinski definition) is 2. The number of halogens is 1. The molecule has 2 nitrogen and oxygen atoms in total. The van der Waals surface area contributed by atoms with Crippen molar-refractivity contribution in [1.29, 1.82) is 0 Å². The van der Waals surface area contributed by atoms with Gasteiger partial charge in [-0.2, -0.15) is 0 Å². The highest BCUT2D eigenvalue weighted by molar-refractivity contribution is 4.65. The van der Waals surface area contributed by atoms with Gasteiger partial charge >= 0.3 is 0 Å². The van der Waals surface area contributed by atoms with Crippen LogP contribution in [0.2, 0.25) is 0 Å². The van der Waals surface area contributed by atoms with Crippen LogP contribution in [0.5, 0.6) is 0 Å². The molecule has 0 spiro atoms. The lowest BCUT2D eigenvalue weighted by atomic mass is 10.1. The Morgan fingerprint density at radius 3 is 2.25 bits per heavy atom. The first-order chi connectivity index (χ1) is 5.70. The predicted molar refractivity (Wildman–Crippen MR) is 46.5 cm³/mol. The Morgan fingerprint density at radius 2 is 1.75 bits per heavy atom. The van der Waals surface area contributed by atoms with Gasteiger partial charge in [-0.25, -0.2) is 4.39 Å². The molecule has 0 N–H and O–H groups in total. The summed E-state index contributed by atoms with van der Waals surface area (Å²) in [6, 6.07) is 0. The van der Waals surface area contributed by atoms with E-state index < -0.39 is 6.36 Å². The Hall–Kier alpha value is -0.150. The molecule has 0 aromatic heterocycles. The lowest BCUT2D eigenvalue weighted by Crippen LogP contribution is -2.39. The molecule has 2 atom stereocenters. The maximum atomic E-state index is 12.5. The van der Waals surface area contributed by atoms with Crippen molar-refractivity contribution in [3.63, 3.8) is 0 Å². The van der Waals surface area contributed by atoms with Crippen LogP contribution in [0.25, 0.3) is 0 Å². The van der Waals surface area contributed by atoms with Crippen LogP contribution in [0.4, 0.5) is 4.39 Å². The molecule has 12 heavy (non-hydrogen) atoms. The molecule has 1 aliphatic rings. The van der Waals surface area contributed by atoms with Crippen LogP contribution in [0.1, 0.15) is 33.1 Å². The van der Waals surface area contributed by atoms with Gasteiger partial charge in [-0.15, -0.1) is 0 Å². The summed E-state index contributed by atoms with van der Waals surface area (Å²) in [4.78, 5) is 2.19. The van der Waals surface area contributed by atoms with Crippen molar-refractivity contribution in [3.05, 3.63) is 0 Å². The maximum absolute atomic E-state index is 12.5. The van der Waals surface area contributed by atoms with Crippen molar-refractivity contribution >= 4 is 0 Å². The zero-order valence-electron chi connectivity index (χ0n) is 7.92. The zero-order chi connectivity index (χ0) is 8.97. The molecular weight excluding hydrogens is 157 g/mol. The molecule has 1 aliphatic heterocycles. The van der Waals surface area contributed by atoms with Crippen molar-refractivity contribution in [2.24, 2.45) is 0 Å². The van der Waals surface area contributed by atoms with Gasteiger partial charge in [-0.05, 0) is 26.7 Å². The lowest BCUT2D eigenvalue weighted by molar-refractivity contribution is -0.134. The van der Waals surface area contributed by atoms with Gasteiger partial charge in [0.05, 0.1) is 0 Å². The van der Waals surface area contributed by atoms with Gasteiger partial charge in [0, 0.05) is 13.1 Å². The molecule has 1 fully saturated rings. The Morgan fingerprint density at radius 1 is 1.17 bits per heavy atom. The molecule has 0 radical (unpaired) electrons. The second kappa shape index (κ2) is 4.77. The first-order valence-electron chi connectivity index (χ1n) is 4.73. The van der Waals surface area contributed by atoms with E-state index in [2.05, 4.69) is 4.90 Å². The van der Waals surface area contributed by atoms with Crippen molar-refractivity contribution in [2.75, 3.05) is 13.1 Å². The van der Waals surface area contributed by atoms with E-state index in [0.29, 0.717) is 0 Å². The highest BCUT2D eigenvalue weighted by Crippen LogP contribution is 2.13. The van der Waals surface area contributed by atoms with Crippen LogP contribution in [-0.2, 0) is 4.74 Å². The van der Waals surface area contributed by atoms with E-state index in [-0.39, 0.29) is 6.23 Å². The average molecular weight is 175 g/mol. The topological polar surface area (TPSA) is 12.5 Å². The molecule has 1 saturated heterocycles. The number of nitrogens with zero attached hydrogens (tertiary/aromatic N) is 1. The van der Waals surface area contributed by atoms with Crippen LogP contribution in [0.3, 0.4) is 0 Å². The Bertz CT molecular complexity index is 124. The predicted octanol–water partition coefficient (Wildman–Crippen LogP) is 2.15. The Kier molecular flexibility index (Phi) is 3.95. The van der Waals surface area contributed by atoms with Crippen molar-refractivity contribution in [2.45, 2.75) is 45.7 Å². The largest absolute Gasteiger partial charge is 0.330 e. The third-order valence-electron chi connectivity index (χ3n) is 2.29. The van der Waals surface area contributed by atoms with E-state index in [1.54, 1.807) is 0 Å². The molecule has 0 aromatic carbocycles. The molecule has 72 valence electrons. The zero-order valence-corrected chi connectivity index (χ0v) is 7.92. The standard InChI is InChI=1S/C9H18FNO/c1-8(10)12-9(2)11-6-4-3-5-7-11/h8-9H,3-7H2,1-2H3. The van der Waals surface area contributed by atoms with E-state index >= 15 is 0 Å². The fraction of sp³-hybridized carbons (Fsp3) is 1.00. The molecular formula is C9H18FNO. The van der Waals surface area contributed by atoms with Gasteiger partial charge in [-0.3, -0.25) is 4.90 Å². The summed E-state index contributed by atoms with van der Waals surface area (Å²) in [6.07, 6.45) is 2.52. The lowest BCUT2D eigenvalue weighted by Gasteiger charge is -2.32. The molecule has 2 unspecified atom stereocenters. The van der Waals surface area contributed by atoms with Gasteiger partial charge in [0.2, 0.25) is 0 Å². The molecule has 0 aliphatic carbocycles.